The van der Waals surface area contributed by atoms with Crippen LogP contribution in [-0.4, -0.2) is 22.6 Å². The quantitative estimate of drug-likeness (QED) is 0.664. The van der Waals surface area contributed by atoms with E-state index in [1.807, 2.05) is 11.0 Å². The molecule has 2 aromatic rings. The van der Waals surface area contributed by atoms with E-state index in [-0.39, 0.29) is 11.7 Å². The maximum atomic E-state index is 13.0. The van der Waals surface area contributed by atoms with Gasteiger partial charge in [-0.1, -0.05) is 6.92 Å². The van der Waals surface area contributed by atoms with Crippen molar-refractivity contribution in [2.75, 3.05) is 5.75 Å². The molecular weight excluding hydrogens is 337 g/mol. The minimum Gasteiger partial charge on any atom is -0.464 e. The van der Waals surface area contributed by atoms with Gasteiger partial charge < -0.3 is 9.32 Å². The zero-order chi connectivity index (χ0) is 17.4. The van der Waals surface area contributed by atoms with E-state index < -0.39 is 0 Å². The Labute approximate surface area is 151 Å². The van der Waals surface area contributed by atoms with Gasteiger partial charge in [-0.2, -0.15) is 0 Å². The third-order valence-electron chi connectivity index (χ3n) is 4.97. The van der Waals surface area contributed by atoms with E-state index in [4.69, 9.17) is 4.42 Å². The van der Waals surface area contributed by atoms with Crippen molar-refractivity contribution in [2.45, 2.75) is 49.6 Å². The second kappa shape index (κ2) is 6.87. The minimum absolute atomic E-state index is 0.120. The highest BCUT2D eigenvalue weighted by Crippen LogP contribution is 2.47. The van der Waals surface area contributed by atoms with Crippen molar-refractivity contribution in [3.63, 3.8) is 0 Å². The van der Waals surface area contributed by atoms with Crippen LogP contribution in [0.4, 0.5) is 4.39 Å². The molecule has 25 heavy (non-hydrogen) atoms. The van der Waals surface area contributed by atoms with Crippen LogP contribution < -0.4 is 0 Å². The molecule has 1 aromatic heterocycles. The second-order valence-electron chi connectivity index (χ2n) is 7.12. The zero-order valence-electron chi connectivity index (χ0n) is 14.3. The molecule has 1 aromatic carbocycles. The second-order valence-corrected chi connectivity index (χ2v) is 8.17. The molecule has 2 unspecified atom stereocenters. The Morgan fingerprint density at radius 1 is 1.24 bits per heavy atom. The number of benzene rings is 1. The average Bonchev–Trinajstić information content (AvgIpc) is 3.52. The Balaban J connectivity index is 1.36. The molecule has 0 bridgehead atoms. The van der Waals surface area contributed by atoms with Gasteiger partial charge in [-0.15, -0.1) is 11.8 Å². The van der Waals surface area contributed by atoms with Crippen molar-refractivity contribution in [3.8, 4) is 0 Å². The van der Waals surface area contributed by atoms with Gasteiger partial charge in [0, 0.05) is 16.9 Å². The predicted octanol–water partition coefficient (Wildman–Crippen LogP) is 4.83. The molecular formula is C20H22FNO2S. The Kier molecular flexibility index (Phi) is 4.59. The van der Waals surface area contributed by atoms with Crippen molar-refractivity contribution in [1.82, 2.24) is 4.90 Å². The maximum Gasteiger partial charge on any atom is 0.233 e. The van der Waals surface area contributed by atoms with E-state index in [9.17, 15) is 9.18 Å². The highest BCUT2D eigenvalue weighted by atomic mass is 32.2. The Hall–Kier alpha value is -1.75. The standard InChI is InChI=1S/C20H22FNO2S/c1-13-10-18(13)19-9-6-16(24-19)11-22(15-4-5-15)20(23)12-25-17-7-2-14(21)3-8-17/h2-3,6-9,13,15,18H,4-5,10-12H2,1H3. The lowest BCUT2D eigenvalue weighted by Gasteiger charge is -2.21. The van der Waals surface area contributed by atoms with Gasteiger partial charge in [-0.25, -0.2) is 4.39 Å². The molecule has 3 nitrogen and oxygen atoms in total. The Morgan fingerprint density at radius 3 is 2.60 bits per heavy atom. The first-order chi connectivity index (χ1) is 12.1. The van der Waals surface area contributed by atoms with Crippen LogP contribution in [-0.2, 0) is 11.3 Å². The highest BCUT2D eigenvalue weighted by molar-refractivity contribution is 8.00. The summed E-state index contributed by atoms with van der Waals surface area (Å²) in [7, 11) is 0. The maximum absolute atomic E-state index is 13.0. The molecule has 0 spiro atoms. The minimum atomic E-state index is -0.256. The van der Waals surface area contributed by atoms with Crippen molar-refractivity contribution in [3.05, 3.63) is 53.7 Å². The fraction of sp³-hybridized carbons (Fsp3) is 0.450. The molecule has 1 amide bonds. The summed E-state index contributed by atoms with van der Waals surface area (Å²) in [6, 6.07) is 10.7. The molecule has 2 atom stereocenters. The number of carbonyl (C=O) groups is 1. The van der Waals surface area contributed by atoms with E-state index in [1.54, 1.807) is 12.1 Å². The lowest BCUT2D eigenvalue weighted by molar-refractivity contribution is -0.129. The largest absolute Gasteiger partial charge is 0.464 e. The summed E-state index contributed by atoms with van der Waals surface area (Å²) in [6.45, 7) is 2.79. The smallest absolute Gasteiger partial charge is 0.233 e. The van der Waals surface area contributed by atoms with E-state index in [1.165, 1.54) is 30.3 Å². The van der Waals surface area contributed by atoms with Crippen LogP contribution in [0.5, 0.6) is 0 Å². The van der Waals surface area contributed by atoms with Crippen LogP contribution in [0.15, 0.2) is 45.7 Å². The third kappa shape index (κ3) is 4.09. The molecule has 0 radical (unpaired) electrons. The van der Waals surface area contributed by atoms with Gasteiger partial charge in [-0.3, -0.25) is 4.79 Å². The third-order valence-corrected chi connectivity index (χ3v) is 5.96. The first-order valence-corrected chi connectivity index (χ1v) is 9.85. The number of nitrogens with zero attached hydrogens (tertiary/aromatic N) is 1. The Morgan fingerprint density at radius 2 is 1.96 bits per heavy atom. The van der Waals surface area contributed by atoms with Gasteiger partial charge in [0.15, 0.2) is 0 Å². The molecule has 1 heterocycles. The first-order valence-electron chi connectivity index (χ1n) is 8.86. The van der Waals surface area contributed by atoms with E-state index in [0.29, 0.717) is 30.2 Å². The number of rotatable bonds is 7. The lowest BCUT2D eigenvalue weighted by atomic mass is 10.3. The molecule has 4 rings (SSSR count). The zero-order valence-corrected chi connectivity index (χ0v) is 15.1. The summed E-state index contributed by atoms with van der Waals surface area (Å²) in [5.41, 5.74) is 0. The molecule has 2 saturated carbocycles. The number of carbonyl (C=O) groups excluding carboxylic acids is 1. The Bertz CT molecular complexity index is 753. The lowest BCUT2D eigenvalue weighted by Crippen LogP contribution is -2.33. The SMILES string of the molecule is CC1CC1c1ccc(CN(C(=O)CSc2ccc(F)cc2)C2CC2)o1. The monoisotopic (exact) mass is 359 g/mol. The van der Waals surface area contributed by atoms with Gasteiger partial charge in [0.05, 0.1) is 12.3 Å². The molecule has 2 fully saturated rings. The van der Waals surface area contributed by atoms with Crippen molar-refractivity contribution in [2.24, 2.45) is 5.92 Å². The number of halogens is 1. The van der Waals surface area contributed by atoms with Crippen LogP contribution in [0.3, 0.4) is 0 Å². The molecule has 2 aliphatic carbocycles. The summed E-state index contributed by atoms with van der Waals surface area (Å²) in [5, 5.41) is 0. The number of hydrogen-bond acceptors (Lipinski definition) is 3. The molecule has 0 N–H and O–H groups in total. The summed E-state index contributed by atoms with van der Waals surface area (Å²) in [5.74, 6) is 3.45. The summed E-state index contributed by atoms with van der Waals surface area (Å²) >= 11 is 1.45. The molecule has 5 heteroatoms. The first kappa shape index (κ1) is 16.7. The fourth-order valence-corrected chi connectivity index (χ4v) is 3.92. The molecule has 2 aliphatic rings. The van der Waals surface area contributed by atoms with Gasteiger partial charge in [0.25, 0.3) is 0 Å². The van der Waals surface area contributed by atoms with E-state index in [2.05, 4.69) is 13.0 Å². The summed E-state index contributed by atoms with van der Waals surface area (Å²) in [4.78, 5) is 15.5. The predicted molar refractivity (Wildman–Crippen MR) is 95.9 cm³/mol. The normalized spacial score (nSPS) is 22.0. The topological polar surface area (TPSA) is 33.5 Å². The highest BCUT2D eigenvalue weighted by Gasteiger charge is 2.37. The van der Waals surface area contributed by atoms with Crippen molar-refractivity contribution in [1.29, 1.82) is 0 Å². The average molecular weight is 359 g/mol. The van der Waals surface area contributed by atoms with Crippen LogP contribution in [0.1, 0.15) is 43.6 Å². The summed E-state index contributed by atoms with van der Waals surface area (Å²) < 4.78 is 18.9. The molecule has 132 valence electrons. The van der Waals surface area contributed by atoms with Gasteiger partial charge in [-0.05, 0) is 61.6 Å². The number of amides is 1. The van der Waals surface area contributed by atoms with Crippen LogP contribution in [0.2, 0.25) is 0 Å². The van der Waals surface area contributed by atoms with Gasteiger partial charge >= 0.3 is 0 Å². The van der Waals surface area contributed by atoms with Crippen LogP contribution in [0, 0.1) is 11.7 Å². The van der Waals surface area contributed by atoms with E-state index in [0.717, 1.165) is 29.3 Å². The van der Waals surface area contributed by atoms with Gasteiger partial charge in [0.2, 0.25) is 5.91 Å². The van der Waals surface area contributed by atoms with Crippen LogP contribution >= 0.6 is 11.8 Å². The van der Waals surface area contributed by atoms with Crippen molar-refractivity contribution >= 4 is 17.7 Å². The molecule has 0 saturated heterocycles. The summed E-state index contributed by atoms with van der Waals surface area (Å²) in [6.07, 6.45) is 3.34. The van der Waals surface area contributed by atoms with E-state index >= 15 is 0 Å². The van der Waals surface area contributed by atoms with Crippen molar-refractivity contribution < 1.29 is 13.6 Å². The van der Waals surface area contributed by atoms with Gasteiger partial charge in [0.1, 0.15) is 17.3 Å². The number of hydrogen-bond donors (Lipinski definition) is 0. The van der Waals surface area contributed by atoms with Crippen LogP contribution in [0.25, 0.3) is 0 Å². The molecule has 0 aliphatic heterocycles. The fourth-order valence-electron chi connectivity index (χ4n) is 3.13. The number of thioether (sulfide) groups is 1. The number of furan rings is 1.